The molecule has 0 aliphatic heterocycles. The summed E-state index contributed by atoms with van der Waals surface area (Å²) in [5.41, 5.74) is 3.52. The summed E-state index contributed by atoms with van der Waals surface area (Å²) in [6.07, 6.45) is 2.19. The summed E-state index contributed by atoms with van der Waals surface area (Å²) in [5, 5.41) is 2.24. The Balaban J connectivity index is 2.23. The highest BCUT2D eigenvalue weighted by atomic mass is 35.5. The number of rotatable bonds is 3. The fourth-order valence-electron chi connectivity index (χ4n) is 1.88. The minimum absolute atomic E-state index is 0.788. The number of hydrogen-bond acceptors (Lipinski definition) is 0. The summed E-state index contributed by atoms with van der Waals surface area (Å²) < 4.78 is 0. The van der Waals surface area contributed by atoms with Gasteiger partial charge >= 0.3 is 0 Å². The van der Waals surface area contributed by atoms with Crippen molar-refractivity contribution >= 4 is 30.9 Å². The van der Waals surface area contributed by atoms with Gasteiger partial charge in [0.05, 0.1) is 0 Å². The van der Waals surface area contributed by atoms with E-state index in [1.165, 1.54) is 10.8 Å². The molecule has 0 spiro atoms. The van der Waals surface area contributed by atoms with Gasteiger partial charge in [-0.15, -0.1) is 0 Å². The van der Waals surface area contributed by atoms with Crippen LogP contribution < -0.4 is 5.19 Å². The van der Waals surface area contributed by atoms with Gasteiger partial charge in [0.15, 0.2) is 0 Å². The summed E-state index contributed by atoms with van der Waals surface area (Å²) >= 11 is 5.99. The molecule has 2 rings (SSSR count). The molecule has 18 heavy (non-hydrogen) atoms. The molecule has 0 fully saturated rings. The lowest BCUT2D eigenvalue weighted by Crippen LogP contribution is -2.39. The van der Waals surface area contributed by atoms with Crippen LogP contribution in [-0.4, -0.2) is 8.07 Å². The number of hydrogen-bond donors (Lipinski definition) is 0. The Hall–Kier alpha value is -1.31. The zero-order valence-electron chi connectivity index (χ0n) is 10.7. The molecule has 0 heterocycles. The second kappa shape index (κ2) is 5.55. The van der Waals surface area contributed by atoms with Crippen molar-refractivity contribution in [3.63, 3.8) is 0 Å². The average Bonchev–Trinajstić information content (AvgIpc) is 2.38. The van der Waals surface area contributed by atoms with E-state index in [0.29, 0.717) is 0 Å². The summed E-state index contributed by atoms with van der Waals surface area (Å²) in [7, 11) is -1.50. The summed E-state index contributed by atoms with van der Waals surface area (Å²) in [6, 6.07) is 18.7. The molecule has 0 nitrogen and oxygen atoms in total. The van der Waals surface area contributed by atoms with Gasteiger partial charge in [-0.1, -0.05) is 84.1 Å². The predicted molar refractivity (Wildman–Crippen MR) is 84.0 cm³/mol. The molecule has 2 heteroatoms. The van der Waals surface area contributed by atoms with Crippen LogP contribution in [0.5, 0.6) is 0 Å². The van der Waals surface area contributed by atoms with Crippen LogP contribution in [-0.2, 0) is 0 Å². The molecular formula is C16H17ClSi. The smallest absolute Gasteiger partial charge is 0.0897 e. The Labute approximate surface area is 115 Å². The molecule has 0 saturated heterocycles. The lowest BCUT2D eigenvalue weighted by atomic mass is 10.2. The van der Waals surface area contributed by atoms with Gasteiger partial charge in [-0.3, -0.25) is 0 Å². The van der Waals surface area contributed by atoms with Gasteiger partial charge < -0.3 is 0 Å². The maximum absolute atomic E-state index is 5.99. The monoisotopic (exact) mass is 272 g/mol. The predicted octanol–water partition coefficient (Wildman–Crippen LogP) is 4.51. The molecule has 92 valence electrons. The third-order valence-corrected chi connectivity index (χ3v) is 6.12. The van der Waals surface area contributed by atoms with Crippen LogP contribution >= 0.6 is 11.6 Å². The van der Waals surface area contributed by atoms with Gasteiger partial charge in [-0.25, -0.2) is 0 Å². The van der Waals surface area contributed by atoms with E-state index < -0.39 is 8.07 Å². The molecule has 0 saturated carbocycles. The normalized spacial score (nSPS) is 11.9. The highest BCUT2D eigenvalue weighted by Gasteiger charge is 2.18. The van der Waals surface area contributed by atoms with E-state index in [4.69, 9.17) is 11.6 Å². The van der Waals surface area contributed by atoms with Crippen molar-refractivity contribution in [2.75, 3.05) is 0 Å². The second-order valence-corrected chi connectivity index (χ2v) is 9.77. The van der Waals surface area contributed by atoms with E-state index in [1.807, 2.05) is 18.2 Å². The van der Waals surface area contributed by atoms with Crippen LogP contribution in [0.1, 0.15) is 5.56 Å². The van der Waals surface area contributed by atoms with Gasteiger partial charge in [0.25, 0.3) is 0 Å². The fourth-order valence-corrected chi connectivity index (χ4v) is 3.93. The molecule has 0 N–H and O–H groups in total. The van der Waals surface area contributed by atoms with Gasteiger partial charge in [0.2, 0.25) is 0 Å². The quantitative estimate of drug-likeness (QED) is 0.722. The van der Waals surface area contributed by atoms with Crippen LogP contribution in [0.4, 0.5) is 0 Å². The van der Waals surface area contributed by atoms with Crippen molar-refractivity contribution in [3.05, 3.63) is 70.9 Å². The Morgan fingerprint density at radius 1 is 0.944 bits per heavy atom. The van der Waals surface area contributed by atoms with Gasteiger partial charge in [-0.05, 0) is 17.7 Å². The molecule has 0 aliphatic rings. The third-order valence-electron chi connectivity index (χ3n) is 3.06. The average molecular weight is 273 g/mol. The largest absolute Gasteiger partial charge is 0.104 e. The Morgan fingerprint density at radius 3 is 2.33 bits per heavy atom. The lowest BCUT2D eigenvalue weighted by molar-refractivity contribution is 1.65. The van der Waals surface area contributed by atoms with Crippen LogP contribution in [0.25, 0.3) is 6.08 Å². The first kappa shape index (κ1) is 13.1. The van der Waals surface area contributed by atoms with Crippen LogP contribution in [0.15, 0.2) is 60.3 Å². The van der Waals surface area contributed by atoms with E-state index in [0.717, 1.165) is 5.02 Å². The molecule has 0 aromatic heterocycles. The van der Waals surface area contributed by atoms with Crippen molar-refractivity contribution in [2.24, 2.45) is 0 Å². The lowest BCUT2D eigenvalue weighted by Gasteiger charge is -2.18. The Bertz CT molecular complexity index is 544. The van der Waals surface area contributed by atoms with E-state index in [-0.39, 0.29) is 0 Å². The number of halogens is 1. The minimum Gasteiger partial charge on any atom is -0.0897 e. The molecule has 0 aliphatic carbocycles. The summed E-state index contributed by atoms with van der Waals surface area (Å²) in [5.74, 6) is 0. The number of benzene rings is 2. The molecule has 0 radical (unpaired) electrons. The van der Waals surface area contributed by atoms with Crippen LogP contribution in [0, 0.1) is 0 Å². The van der Waals surface area contributed by atoms with Crippen LogP contribution in [0.3, 0.4) is 0 Å². The molecule has 0 bridgehead atoms. The highest BCUT2D eigenvalue weighted by molar-refractivity contribution is 6.94. The summed E-state index contributed by atoms with van der Waals surface area (Å²) in [6.45, 7) is 4.70. The Kier molecular flexibility index (Phi) is 4.05. The molecular weight excluding hydrogens is 256 g/mol. The van der Waals surface area contributed by atoms with E-state index in [9.17, 15) is 0 Å². The topological polar surface area (TPSA) is 0 Å². The molecule has 2 aromatic carbocycles. The standard InChI is InChI=1S/C16H17ClSi/c1-18(2,16-9-4-3-5-10-16)12-11-14-7-6-8-15(17)13-14/h3-13H,1-2H3/b12-11+. The zero-order chi connectivity index (χ0) is 13.0. The molecule has 2 aromatic rings. The zero-order valence-corrected chi connectivity index (χ0v) is 12.5. The van der Waals surface area contributed by atoms with E-state index in [2.05, 4.69) is 61.3 Å². The molecule has 0 unspecified atom stereocenters. The van der Waals surface area contributed by atoms with Gasteiger partial charge in [-0.2, -0.15) is 0 Å². The van der Waals surface area contributed by atoms with Gasteiger partial charge in [0.1, 0.15) is 8.07 Å². The maximum atomic E-state index is 5.99. The fraction of sp³-hybridized carbons (Fsp3) is 0.125. The van der Waals surface area contributed by atoms with Crippen molar-refractivity contribution in [1.29, 1.82) is 0 Å². The van der Waals surface area contributed by atoms with Crippen LogP contribution in [0.2, 0.25) is 18.1 Å². The first-order valence-corrected chi connectivity index (χ1v) is 9.54. The Morgan fingerprint density at radius 2 is 1.67 bits per heavy atom. The first-order chi connectivity index (χ1) is 8.58. The maximum Gasteiger partial charge on any atom is 0.104 e. The third kappa shape index (κ3) is 3.34. The van der Waals surface area contributed by atoms with Crippen molar-refractivity contribution in [2.45, 2.75) is 13.1 Å². The SMILES string of the molecule is C[Si](C)(/C=C/c1cccc(Cl)c1)c1ccccc1. The second-order valence-electron chi connectivity index (χ2n) is 4.98. The first-order valence-electron chi connectivity index (χ1n) is 6.08. The van der Waals surface area contributed by atoms with Crippen molar-refractivity contribution in [3.8, 4) is 0 Å². The van der Waals surface area contributed by atoms with Crippen molar-refractivity contribution < 1.29 is 0 Å². The molecule has 0 atom stereocenters. The van der Waals surface area contributed by atoms with E-state index >= 15 is 0 Å². The molecule has 0 amide bonds. The summed E-state index contributed by atoms with van der Waals surface area (Å²) in [4.78, 5) is 0. The highest BCUT2D eigenvalue weighted by Crippen LogP contribution is 2.14. The van der Waals surface area contributed by atoms with E-state index in [1.54, 1.807) is 0 Å². The van der Waals surface area contributed by atoms with Gasteiger partial charge in [0, 0.05) is 5.02 Å². The van der Waals surface area contributed by atoms with Crippen molar-refractivity contribution in [1.82, 2.24) is 0 Å². The minimum atomic E-state index is -1.50.